The molecule has 1 aliphatic rings. The lowest BCUT2D eigenvalue weighted by molar-refractivity contribution is -0.114. The lowest BCUT2D eigenvalue weighted by Crippen LogP contribution is -2.21. The van der Waals surface area contributed by atoms with Crippen molar-refractivity contribution in [2.45, 2.75) is 11.8 Å². The van der Waals surface area contributed by atoms with Crippen LogP contribution in [0.5, 0.6) is 0 Å². The van der Waals surface area contributed by atoms with E-state index in [-0.39, 0.29) is 10.8 Å². The van der Waals surface area contributed by atoms with E-state index in [1.54, 1.807) is 49.4 Å². The molecule has 1 aliphatic heterocycles. The zero-order chi connectivity index (χ0) is 23.8. The van der Waals surface area contributed by atoms with Gasteiger partial charge in [0.05, 0.1) is 34.5 Å². The molecule has 0 aliphatic carbocycles. The van der Waals surface area contributed by atoms with E-state index in [1.165, 1.54) is 36.4 Å². The summed E-state index contributed by atoms with van der Waals surface area (Å²) in [6.07, 6.45) is 2.72. The van der Waals surface area contributed by atoms with Crippen molar-refractivity contribution < 1.29 is 27.2 Å². The Kier molecular flexibility index (Phi) is 5.73. The third-order valence-electron chi connectivity index (χ3n) is 5.05. The molecule has 168 valence electrons. The molecule has 2 aromatic carbocycles. The number of hydrogen-bond donors (Lipinski definition) is 0. The van der Waals surface area contributed by atoms with Gasteiger partial charge < -0.3 is 9.15 Å². The summed E-state index contributed by atoms with van der Waals surface area (Å²) in [4.78, 5) is 24.9. The molecule has 0 fully saturated rings. The minimum Gasteiger partial charge on any atom is -0.465 e. The largest absolute Gasteiger partial charge is 0.465 e. The summed E-state index contributed by atoms with van der Waals surface area (Å²) in [5.74, 6) is 0.172. The lowest BCUT2D eigenvalue weighted by Gasteiger charge is -2.12. The van der Waals surface area contributed by atoms with Gasteiger partial charge in [-0.15, -0.1) is 0 Å². The smallest absolute Gasteiger partial charge is 0.337 e. The standard InChI is InChI=1S/C24H20N2O6S/c1-15-21(23(27)26(25-15)18-7-10-20(11-8-18)33(3,29)30)14-19-9-12-22(32-19)16-5-4-6-17(13-16)24(28)31-2/h4-14H,1-3H3/b21-14-. The average Bonchev–Trinajstić information content (AvgIpc) is 3.38. The number of amides is 1. The number of hydrazone groups is 1. The molecule has 0 spiro atoms. The third kappa shape index (κ3) is 4.49. The van der Waals surface area contributed by atoms with Crippen molar-refractivity contribution in [1.82, 2.24) is 0 Å². The predicted molar refractivity (Wildman–Crippen MR) is 124 cm³/mol. The number of nitrogens with zero attached hydrogens (tertiary/aromatic N) is 2. The maximum Gasteiger partial charge on any atom is 0.337 e. The molecule has 0 radical (unpaired) electrons. The molecule has 2 heterocycles. The van der Waals surface area contributed by atoms with Crippen molar-refractivity contribution in [3.8, 4) is 11.3 Å². The molecular formula is C24H20N2O6S. The second-order valence-electron chi connectivity index (χ2n) is 7.40. The molecule has 3 aromatic rings. The van der Waals surface area contributed by atoms with E-state index in [1.807, 2.05) is 0 Å². The van der Waals surface area contributed by atoms with E-state index >= 15 is 0 Å². The summed E-state index contributed by atoms with van der Waals surface area (Å²) in [5, 5.41) is 5.52. The molecule has 0 saturated carbocycles. The molecule has 0 N–H and O–H groups in total. The van der Waals surface area contributed by atoms with E-state index in [4.69, 9.17) is 9.15 Å². The van der Waals surface area contributed by atoms with Gasteiger partial charge >= 0.3 is 5.97 Å². The Labute approximate surface area is 190 Å². The first-order chi connectivity index (χ1) is 15.7. The fourth-order valence-corrected chi connectivity index (χ4v) is 3.97. The number of sulfone groups is 1. The molecule has 33 heavy (non-hydrogen) atoms. The number of carbonyl (C=O) groups excluding carboxylic acids is 2. The topological polar surface area (TPSA) is 106 Å². The van der Waals surface area contributed by atoms with Gasteiger partial charge in [0.2, 0.25) is 0 Å². The number of methoxy groups -OCH3 is 1. The van der Waals surface area contributed by atoms with Gasteiger partial charge in [-0.1, -0.05) is 12.1 Å². The van der Waals surface area contributed by atoms with E-state index in [0.717, 1.165) is 6.26 Å². The highest BCUT2D eigenvalue weighted by atomic mass is 32.2. The number of ether oxygens (including phenoxy) is 1. The molecule has 4 rings (SSSR count). The van der Waals surface area contributed by atoms with Crippen LogP contribution in [0, 0.1) is 0 Å². The summed E-state index contributed by atoms with van der Waals surface area (Å²) in [5.41, 5.74) is 2.40. The van der Waals surface area contributed by atoms with Crippen molar-refractivity contribution >= 4 is 39.2 Å². The second kappa shape index (κ2) is 8.51. The van der Waals surface area contributed by atoms with Gasteiger partial charge in [0.25, 0.3) is 5.91 Å². The fraction of sp³-hybridized carbons (Fsp3) is 0.125. The molecule has 0 unspecified atom stereocenters. The van der Waals surface area contributed by atoms with Crippen molar-refractivity contribution in [3.63, 3.8) is 0 Å². The lowest BCUT2D eigenvalue weighted by atomic mass is 10.1. The van der Waals surface area contributed by atoms with Gasteiger partial charge in [-0.3, -0.25) is 4.79 Å². The van der Waals surface area contributed by atoms with E-state index in [9.17, 15) is 18.0 Å². The molecule has 0 saturated heterocycles. The molecule has 8 nitrogen and oxygen atoms in total. The minimum absolute atomic E-state index is 0.161. The fourth-order valence-electron chi connectivity index (χ4n) is 3.34. The Bertz CT molecular complexity index is 1420. The van der Waals surface area contributed by atoms with Crippen LogP contribution in [0.3, 0.4) is 0 Å². The number of carbonyl (C=O) groups is 2. The van der Waals surface area contributed by atoms with Gasteiger partial charge in [0.1, 0.15) is 11.5 Å². The van der Waals surface area contributed by atoms with Crippen LogP contribution in [0.2, 0.25) is 0 Å². The zero-order valence-corrected chi connectivity index (χ0v) is 18.9. The number of anilines is 1. The highest BCUT2D eigenvalue weighted by Gasteiger charge is 2.29. The van der Waals surface area contributed by atoms with E-state index in [0.29, 0.717) is 39.6 Å². The first-order valence-corrected chi connectivity index (χ1v) is 11.8. The Balaban J connectivity index is 1.59. The Morgan fingerprint density at radius 3 is 2.48 bits per heavy atom. The minimum atomic E-state index is -3.34. The van der Waals surface area contributed by atoms with Gasteiger partial charge in [-0.05, 0) is 61.5 Å². The monoisotopic (exact) mass is 464 g/mol. The van der Waals surface area contributed by atoms with Gasteiger partial charge in [-0.2, -0.15) is 10.1 Å². The van der Waals surface area contributed by atoms with E-state index < -0.39 is 15.8 Å². The van der Waals surface area contributed by atoms with Crippen LogP contribution >= 0.6 is 0 Å². The third-order valence-corrected chi connectivity index (χ3v) is 6.18. The zero-order valence-electron chi connectivity index (χ0n) is 18.1. The van der Waals surface area contributed by atoms with Crippen LogP contribution in [-0.4, -0.2) is 39.4 Å². The maximum absolute atomic E-state index is 13.0. The van der Waals surface area contributed by atoms with Gasteiger partial charge in [0, 0.05) is 11.8 Å². The Morgan fingerprint density at radius 2 is 1.82 bits per heavy atom. The highest BCUT2D eigenvalue weighted by molar-refractivity contribution is 7.90. The van der Waals surface area contributed by atoms with Crippen LogP contribution in [0.1, 0.15) is 23.0 Å². The average molecular weight is 464 g/mol. The van der Waals surface area contributed by atoms with Crippen LogP contribution in [0.15, 0.2) is 80.7 Å². The van der Waals surface area contributed by atoms with Crippen molar-refractivity contribution in [2.75, 3.05) is 18.4 Å². The number of rotatable bonds is 5. The van der Waals surface area contributed by atoms with Crippen LogP contribution in [0.4, 0.5) is 5.69 Å². The quantitative estimate of drug-likeness (QED) is 0.418. The molecular weight excluding hydrogens is 444 g/mol. The number of furan rings is 1. The first kappa shape index (κ1) is 22.2. The van der Waals surface area contributed by atoms with Crippen LogP contribution in [-0.2, 0) is 19.4 Å². The second-order valence-corrected chi connectivity index (χ2v) is 9.42. The summed E-state index contributed by atoms with van der Waals surface area (Å²) < 4.78 is 33.9. The SMILES string of the molecule is COC(=O)c1cccc(-c2ccc(/C=C3\C(=O)N(c4ccc(S(C)(=O)=O)cc4)N=C3C)o2)c1. The Morgan fingerprint density at radius 1 is 1.09 bits per heavy atom. The number of benzene rings is 2. The molecule has 9 heteroatoms. The van der Waals surface area contributed by atoms with Crippen molar-refractivity contribution in [1.29, 1.82) is 0 Å². The first-order valence-electron chi connectivity index (χ1n) is 9.88. The van der Waals surface area contributed by atoms with Crippen molar-refractivity contribution in [2.24, 2.45) is 5.10 Å². The van der Waals surface area contributed by atoms with Crippen molar-refractivity contribution in [3.05, 3.63) is 77.6 Å². The molecule has 1 aromatic heterocycles. The normalized spacial score (nSPS) is 15.1. The Hall–Kier alpha value is -3.98. The van der Waals surface area contributed by atoms with Crippen LogP contribution < -0.4 is 5.01 Å². The van der Waals surface area contributed by atoms with Gasteiger partial charge in [0.15, 0.2) is 9.84 Å². The number of hydrogen-bond acceptors (Lipinski definition) is 7. The summed E-state index contributed by atoms with van der Waals surface area (Å²) in [7, 11) is -2.02. The summed E-state index contributed by atoms with van der Waals surface area (Å²) in [6, 6.07) is 16.3. The summed E-state index contributed by atoms with van der Waals surface area (Å²) >= 11 is 0. The van der Waals surface area contributed by atoms with E-state index in [2.05, 4.69) is 5.10 Å². The highest BCUT2D eigenvalue weighted by Crippen LogP contribution is 2.28. The maximum atomic E-state index is 13.0. The predicted octanol–water partition coefficient (Wildman–Crippen LogP) is 3.94. The van der Waals surface area contributed by atoms with Crippen LogP contribution in [0.25, 0.3) is 17.4 Å². The molecule has 0 bridgehead atoms. The molecule has 0 atom stereocenters. The number of esters is 1. The molecule has 1 amide bonds. The summed E-state index contributed by atoms with van der Waals surface area (Å²) in [6.45, 7) is 1.71. The van der Waals surface area contributed by atoms with Gasteiger partial charge in [-0.25, -0.2) is 13.2 Å².